The third kappa shape index (κ3) is 2.84. The number of ether oxygens (including phenoxy) is 1. The second-order valence-electron chi connectivity index (χ2n) is 2.72. The van der Waals surface area contributed by atoms with Crippen molar-refractivity contribution in [2.75, 3.05) is 6.61 Å². The first-order valence-corrected chi connectivity index (χ1v) is 4.54. The smallest absolute Gasteiger partial charge is 0.115 e. The zero-order valence-electron chi connectivity index (χ0n) is 7.10. The van der Waals surface area contributed by atoms with E-state index in [0.29, 0.717) is 6.61 Å². The van der Waals surface area contributed by atoms with E-state index in [1.807, 2.05) is 13.8 Å². The fraction of sp³-hybridized carbons (Fsp3) is 0.714. The van der Waals surface area contributed by atoms with Crippen LogP contribution in [0.4, 0.5) is 0 Å². The zero-order chi connectivity index (χ0) is 8.97. The molecule has 1 atom stereocenters. The first-order chi connectivity index (χ1) is 5.70. The van der Waals surface area contributed by atoms with Crippen molar-refractivity contribution >= 4 is 11.5 Å². The molecule has 0 aromatic carbocycles. The molecule has 0 amide bonds. The SMILES string of the molecule is CC(C)OCC(O)c1cnns1. The Hall–Kier alpha value is -0.520. The lowest BCUT2D eigenvalue weighted by Gasteiger charge is -2.10. The summed E-state index contributed by atoms with van der Waals surface area (Å²) in [6.07, 6.45) is 1.10. The quantitative estimate of drug-likeness (QED) is 0.765. The summed E-state index contributed by atoms with van der Waals surface area (Å²) >= 11 is 1.19. The molecule has 0 aliphatic rings. The summed E-state index contributed by atoms with van der Waals surface area (Å²) in [6, 6.07) is 0. The van der Waals surface area contributed by atoms with Gasteiger partial charge in [0.2, 0.25) is 0 Å². The van der Waals surface area contributed by atoms with Crippen molar-refractivity contribution in [1.29, 1.82) is 0 Å². The lowest BCUT2D eigenvalue weighted by atomic mass is 10.3. The lowest BCUT2D eigenvalue weighted by molar-refractivity contribution is 0.00626. The molecule has 1 aromatic rings. The van der Waals surface area contributed by atoms with Gasteiger partial charge in [0.25, 0.3) is 0 Å². The second kappa shape index (κ2) is 4.49. The van der Waals surface area contributed by atoms with Crippen LogP contribution in [-0.2, 0) is 4.74 Å². The molecule has 0 aliphatic heterocycles. The molecule has 4 nitrogen and oxygen atoms in total. The third-order valence-electron chi connectivity index (χ3n) is 1.29. The Balaban J connectivity index is 2.34. The van der Waals surface area contributed by atoms with Gasteiger partial charge in [-0.25, -0.2) is 0 Å². The van der Waals surface area contributed by atoms with E-state index in [2.05, 4.69) is 9.59 Å². The number of aliphatic hydroxyl groups is 1. The molecule has 1 aromatic heterocycles. The molecule has 0 saturated heterocycles. The molecule has 12 heavy (non-hydrogen) atoms. The summed E-state index contributed by atoms with van der Waals surface area (Å²) in [6.45, 7) is 4.16. The molecule has 1 N–H and O–H groups in total. The molecule has 0 saturated carbocycles. The van der Waals surface area contributed by atoms with Crippen molar-refractivity contribution in [2.24, 2.45) is 0 Å². The van der Waals surface area contributed by atoms with Gasteiger partial charge in [-0.1, -0.05) is 4.49 Å². The number of aliphatic hydroxyl groups excluding tert-OH is 1. The second-order valence-corrected chi connectivity index (χ2v) is 3.54. The predicted molar refractivity (Wildman–Crippen MR) is 46.0 cm³/mol. The summed E-state index contributed by atoms with van der Waals surface area (Å²) in [7, 11) is 0. The van der Waals surface area contributed by atoms with E-state index in [0.717, 1.165) is 4.88 Å². The summed E-state index contributed by atoms with van der Waals surface area (Å²) in [5, 5.41) is 13.1. The summed E-state index contributed by atoms with van der Waals surface area (Å²) in [5.41, 5.74) is 0. The largest absolute Gasteiger partial charge is 0.385 e. The summed E-state index contributed by atoms with van der Waals surface area (Å²) in [4.78, 5) is 0.746. The van der Waals surface area contributed by atoms with Gasteiger partial charge < -0.3 is 9.84 Å². The topological polar surface area (TPSA) is 55.2 Å². The van der Waals surface area contributed by atoms with Gasteiger partial charge in [0.15, 0.2) is 0 Å². The average Bonchev–Trinajstić information content (AvgIpc) is 2.51. The molecule has 68 valence electrons. The minimum Gasteiger partial charge on any atom is -0.385 e. The Bertz CT molecular complexity index is 213. The molecule has 0 spiro atoms. The van der Waals surface area contributed by atoms with Crippen LogP contribution in [0.25, 0.3) is 0 Å². The van der Waals surface area contributed by atoms with Crippen LogP contribution in [0.15, 0.2) is 6.20 Å². The van der Waals surface area contributed by atoms with Crippen LogP contribution >= 0.6 is 11.5 Å². The van der Waals surface area contributed by atoms with Crippen LogP contribution in [0.5, 0.6) is 0 Å². The molecule has 0 aliphatic carbocycles. The minimum absolute atomic E-state index is 0.139. The molecule has 0 fully saturated rings. The van der Waals surface area contributed by atoms with Gasteiger partial charge in [0.1, 0.15) is 6.10 Å². The monoisotopic (exact) mass is 188 g/mol. The van der Waals surface area contributed by atoms with Gasteiger partial charge in [-0.2, -0.15) is 0 Å². The average molecular weight is 188 g/mol. The molecule has 5 heteroatoms. The fourth-order valence-electron chi connectivity index (χ4n) is 0.687. The van der Waals surface area contributed by atoms with Crippen molar-refractivity contribution < 1.29 is 9.84 Å². The van der Waals surface area contributed by atoms with Gasteiger partial charge >= 0.3 is 0 Å². The van der Waals surface area contributed by atoms with Crippen LogP contribution in [0.1, 0.15) is 24.8 Å². The molecular weight excluding hydrogens is 176 g/mol. The van der Waals surface area contributed by atoms with E-state index < -0.39 is 6.10 Å². The first-order valence-electron chi connectivity index (χ1n) is 3.77. The maximum Gasteiger partial charge on any atom is 0.115 e. The van der Waals surface area contributed by atoms with Gasteiger partial charge in [-0.05, 0) is 25.4 Å². The fourth-order valence-corrected chi connectivity index (χ4v) is 1.16. The first kappa shape index (κ1) is 9.57. The van der Waals surface area contributed by atoms with Crippen molar-refractivity contribution in [3.05, 3.63) is 11.1 Å². The van der Waals surface area contributed by atoms with Crippen molar-refractivity contribution in [3.8, 4) is 0 Å². The zero-order valence-corrected chi connectivity index (χ0v) is 7.91. The highest BCUT2D eigenvalue weighted by atomic mass is 32.1. The van der Waals surface area contributed by atoms with E-state index in [4.69, 9.17) is 4.74 Å². The van der Waals surface area contributed by atoms with Gasteiger partial charge in [-0.15, -0.1) is 5.10 Å². The van der Waals surface area contributed by atoms with E-state index in [9.17, 15) is 5.11 Å². The normalized spacial score (nSPS) is 13.7. The number of rotatable bonds is 4. The molecule has 1 heterocycles. The van der Waals surface area contributed by atoms with Gasteiger partial charge in [-0.3, -0.25) is 0 Å². The van der Waals surface area contributed by atoms with Crippen molar-refractivity contribution in [1.82, 2.24) is 9.59 Å². The number of aromatic nitrogens is 2. The molecule has 0 radical (unpaired) electrons. The van der Waals surface area contributed by atoms with Gasteiger partial charge in [0, 0.05) is 0 Å². The van der Waals surface area contributed by atoms with Crippen LogP contribution in [-0.4, -0.2) is 27.4 Å². The summed E-state index contributed by atoms with van der Waals surface area (Å²) < 4.78 is 8.87. The van der Waals surface area contributed by atoms with Crippen LogP contribution in [0.3, 0.4) is 0 Å². The molecule has 1 rings (SSSR count). The van der Waals surface area contributed by atoms with E-state index in [1.54, 1.807) is 6.20 Å². The Labute approximate surface area is 75.4 Å². The maximum atomic E-state index is 9.46. The summed E-state index contributed by atoms with van der Waals surface area (Å²) in [5.74, 6) is 0. The Morgan fingerprint density at radius 2 is 2.42 bits per heavy atom. The van der Waals surface area contributed by atoms with Crippen LogP contribution in [0.2, 0.25) is 0 Å². The Morgan fingerprint density at radius 1 is 1.67 bits per heavy atom. The molecule has 1 unspecified atom stereocenters. The Morgan fingerprint density at radius 3 is 2.92 bits per heavy atom. The van der Waals surface area contributed by atoms with Crippen LogP contribution in [0, 0.1) is 0 Å². The van der Waals surface area contributed by atoms with Crippen molar-refractivity contribution in [3.63, 3.8) is 0 Å². The maximum absolute atomic E-state index is 9.46. The van der Waals surface area contributed by atoms with Crippen LogP contribution < -0.4 is 0 Å². The van der Waals surface area contributed by atoms with Gasteiger partial charge in [0.05, 0.1) is 23.8 Å². The van der Waals surface area contributed by atoms with E-state index in [1.165, 1.54) is 11.5 Å². The number of hydrogen-bond acceptors (Lipinski definition) is 5. The van der Waals surface area contributed by atoms with E-state index in [-0.39, 0.29) is 6.10 Å². The number of nitrogens with zero attached hydrogens (tertiary/aromatic N) is 2. The highest BCUT2D eigenvalue weighted by Gasteiger charge is 2.10. The van der Waals surface area contributed by atoms with E-state index >= 15 is 0 Å². The molecular formula is C7H12N2O2S. The molecule has 0 bridgehead atoms. The standard InChI is InChI=1S/C7H12N2O2S/c1-5(2)11-4-6(10)7-3-8-9-12-7/h3,5-6,10H,4H2,1-2H3. The lowest BCUT2D eigenvalue weighted by Crippen LogP contribution is -2.10. The third-order valence-corrected chi connectivity index (χ3v) is 2.06. The predicted octanol–water partition coefficient (Wildman–Crippen LogP) is 0.997. The highest BCUT2D eigenvalue weighted by molar-refractivity contribution is 7.05. The number of hydrogen-bond donors (Lipinski definition) is 1. The Kier molecular flexibility index (Phi) is 3.58. The van der Waals surface area contributed by atoms with Crippen molar-refractivity contribution in [2.45, 2.75) is 26.1 Å². The minimum atomic E-state index is -0.590. The highest BCUT2D eigenvalue weighted by Crippen LogP contribution is 2.15.